The maximum atomic E-state index is 11.5. The Balaban J connectivity index is 2.67. The summed E-state index contributed by atoms with van der Waals surface area (Å²) < 4.78 is 4.84. The van der Waals surface area contributed by atoms with Gasteiger partial charge in [-0.25, -0.2) is 14.8 Å². The highest BCUT2D eigenvalue weighted by Gasteiger charge is 2.13. The molecule has 0 spiro atoms. The SMILES string of the molecule is C=C(C)CCSc1ncc(C(=O)OCC)c(N)n1. The fourth-order valence-corrected chi connectivity index (χ4v) is 2.05. The number of nitrogens with zero attached hydrogens (tertiary/aromatic N) is 2. The number of carbonyl (C=O) groups excluding carboxylic acids is 1. The van der Waals surface area contributed by atoms with E-state index in [0.29, 0.717) is 11.8 Å². The largest absolute Gasteiger partial charge is 0.462 e. The Hall–Kier alpha value is -1.56. The Kier molecular flexibility index (Phi) is 5.64. The molecule has 0 saturated carbocycles. The van der Waals surface area contributed by atoms with E-state index in [4.69, 9.17) is 10.5 Å². The second-order valence-electron chi connectivity index (χ2n) is 3.73. The van der Waals surface area contributed by atoms with Crippen LogP contribution >= 0.6 is 11.8 Å². The standard InChI is InChI=1S/C12H17N3O2S/c1-4-17-11(16)9-7-14-12(15-10(9)13)18-6-5-8(2)3/h7H,2,4-6H2,1,3H3,(H2,13,14,15). The predicted molar refractivity (Wildman–Crippen MR) is 72.6 cm³/mol. The van der Waals surface area contributed by atoms with Gasteiger partial charge in [-0.2, -0.15) is 0 Å². The number of carbonyl (C=O) groups is 1. The minimum atomic E-state index is -0.492. The van der Waals surface area contributed by atoms with E-state index in [-0.39, 0.29) is 11.4 Å². The molecule has 1 aromatic heterocycles. The number of allylic oxidation sites excluding steroid dienone is 1. The van der Waals surface area contributed by atoms with Crippen molar-refractivity contribution in [1.82, 2.24) is 9.97 Å². The molecule has 0 bridgehead atoms. The van der Waals surface area contributed by atoms with Gasteiger partial charge in [0.25, 0.3) is 0 Å². The molecule has 0 aromatic carbocycles. The Labute approximate surface area is 111 Å². The predicted octanol–water partition coefficient (Wildman–Crippen LogP) is 2.29. The first kappa shape index (κ1) is 14.5. The summed E-state index contributed by atoms with van der Waals surface area (Å²) in [5.41, 5.74) is 7.02. The number of hydrogen-bond acceptors (Lipinski definition) is 6. The van der Waals surface area contributed by atoms with Crippen LogP contribution in [0.2, 0.25) is 0 Å². The molecule has 0 amide bonds. The van der Waals surface area contributed by atoms with Crippen LogP contribution in [-0.4, -0.2) is 28.3 Å². The van der Waals surface area contributed by atoms with E-state index in [1.54, 1.807) is 6.92 Å². The number of anilines is 1. The third kappa shape index (κ3) is 4.37. The van der Waals surface area contributed by atoms with Crippen molar-refractivity contribution in [2.45, 2.75) is 25.4 Å². The third-order valence-corrected chi connectivity index (χ3v) is 2.91. The molecule has 6 heteroatoms. The molecule has 0 fully saturated rings. The average Bonchev–Trinajstić information content (AvgIpc) is 2.28. The maximum absolute atomic E-state index is 11.5. The van der Waals surface area contributed by atoms with Gasteiger partial charge in [0, 0.05) is 11.9 Å². The fourth-order valence-electron chi connectivity index (χ4n) is 1.13. The number of nitrogen functional groups attached to an aromatic ring is 1. The van der Waals surface area contributed by atoms with Crippen LogP contribution in [0.5, 0.6) is 0 Å². The fraction of sp³-hybridized carbons (Fsp3) is 0.417. The van der Waals surface area contributed by atoms with E-state index in [9.17, 15) is 4.79 Å². The van der Waals surface area contributed by atoms with Gasteiger partial charge >= 0.3 is 5.97 Å². The molecule has 0 aliphatic heterocycles. The molecule has 0 radical (unpaired) electrons. The number of esters is 1. The van der Waals surface area contributed by atoms with Crippen molar-refractivity contribution in [3.05, 3.63) is 23.9 Å². The lowest BCUT2D eigenvalue weighted by atomic mass is 10.3. The minimum Gasteiger partial charge on any atom is -0.462 e. The summed E-state index contributed by atoms with van der Waals surface area (Å²) in [6.07, 6.45) is 2.30. The molecule has 0 aliphatic rings. The number of aromatic nitrogens is 2. The molecule has 1 aromatic rings. The summed E-state index contributed by atoms with van der Waals surface area (Å²) in [5.74, 6) is 0.503. The Morgan fingerprint density at radius 3 is 2.89 bits per heavy atom. The van der Waals surface area contributed by atoms with Crippen molar-refractivity contribution < 1.29 is 9.53 Å². The maximum Gasteiger partial charge on any atom is 0.343 e. The van der Waals surface area contributed by atoms with Gasteiger partial charge in [-0.15, -0.1) is 6.58 Å². The average molecular weight is 267 g/mol. The van der Waals surface area contributed by atoms with Gasteiger partial charge in [-0.3, -0.25) is 0 Å². The first-order valence-corrected chi connectivity index (χ1v) is 6.60. The van der Waals surface area contributed by atoms with Crippen molar-refractivity contribution in [3.8, 4) is 0 Å². The van der Waals surface area contributed by atoms with Crippen molar-refractivity contribution in [2.75, 3.05) is 18.1 Å². The molecule has 1 rings (SSSR count). The summed E-state index contributed by atoms with van der Waals surface area (Å²) in [6.45, 7) is 7.83. The lowest BCUT2D eigenvalue weighted by molar-refractivity contribution is 0.0526. The van der Waals surface area contributed by atoms with Gasteiger partial charge in [-0.05, 0) is 20.3 Å². The molecule has 1 heterocycles. The van der Waals surface area contributed by atoms with Crippen molar-refractivity contribution in [1.29, 1.82) is 0 Å². The van der Waals surface area contributed by atoms with Crippen molar-refractivity contribution in [2.24, 2.45) is 0 Å². The third-order valence-electron chi connectivity index (χ3n) is 2.05. The van der Waals surface area contributed by atoms with Crippen LogP contribution in [0.1, 0.15) is 30.6 Å². The van der Waals surface area contributed by atoms with Gasteiger partial charge in [0.05, 0.1) is 6.61 Å². The van der Waals surface area contributed by atoms with Crippen LogP contribution in [0.3, 0.4) is 0 Å². The van der Waals surface area contributed by atoms with E-state index in [0.717, 1.165) is 17.7 Å². The molecule has 5 nitrogen and oxygen atoms in total. The van der Waals surface area contributed by atoms with E-state index >= 15 is 0 Å². The number of rotatable bonds is 6. The van der Waals surface area contributed by atoms with Gasteiger partial charge in [-0.1, -0.05) is 17.3 Å². The second-order valence-corrected chi connectivity index (χ2v) is 4.79. The number of thioether (sulfide) groups is 1. The van der Waals surface area contributed by atoms with Crippen LogP contribution in [0.25, 0.3) is 0 Å². The van der Waals surface area contributed by atoms with Gasteiger partial charge in [0.1, 0.15) is 11.4 Å². The number of nitrogens with two attached hydrogens (primary N) is 1. The van der Waals surface area contributed by atoms with Crippen LogP contribution in [0.15, 0.2) is 23.5 Å². The molecule has 18 heavy (non-hydrogen) atoms. The molecule has 98 valence electrons. The van der Waals surface area contributed by atoms with Crippen molar-refractivity contribution in [3.63, 3.8) is 0 Å². The van der Waals surface area contributed by atoms with E-state index in [1.807, 2.05) is 6.92 Å². The quantitative estimate of drug-likeness (QED) is 0.369. The number of ether oxygens (including phenoxy) is 1. The summed E-state index contributed by atoms with van der Waals surface area (Å²) >= 11 is 1.48. The zero-order valence-electron chi connectivity index (χ0n) is 10.6. The van der Waals surface area contributed by atoms with Gasteiger partial charge in [0.2, 0.25) is 0 Å². The Morgan fingerprint density at radius 2 is 2.33 bits per heavy atom. The van der Waals surface area contributed by atoms with E-state index in [1.165, 1.54) is 18.0 Å². The monoisotopic (exact) mass is 267 g/mol. The molecule has 0 saturated heterocycles. The van der Waals surface area contributed by atoms with Crippen LogP contribution in [-0.2, 0) is 4.74 Å². The van der Waals surface area contributed by atoms with Gasteiger partial charge < -0.3 is 10.5 Å². The van der Waals surface area contributed by atoms with Gasteiger partial charge in [0.15, 0.2) is 5.16 Å². The minimum absolute atomic E-state index is 0.154. The van der Waals surface area contributed by atoms with Crippen LogP contribution < -0.4 is 5.73 Å². The smallest absolute Gasteiger partial charge is 0.343 e. The topological polar surface area (TPSA) is 78.1 Å². The molecule has 0 unspecified atom stereocenters. The molecular formula is C12H17N3O2S. The van der Waals surface area contributed by atoms with E-state index in [2.05, 4.69) is 16.5 Å². The lowest BCUT2D eigenvalue weighted by Crippen LogP contribution is -2.10. The van der Waals surface area contributed by atoms with E-state index < -0.39 is 5.97 Å². The molecule has 2 N–H and O–H groups in total. The molecular weight excluding hydrogens is 250 g/mol. The Morgan fingerprint density at radius 1 is 1.61 bits per heavy atom. The Bertz CT molecular complexity index is 449. The van der Waals surface area contributed by atoms with Crippen molar-refractivity contribution >= 4 is 23.5 Å². The highest BCUT2D eigenvalue weighted by Crippen LogP contribution is 2.18. The highest BCUT2D eigenvalue weighted by molar-refractivity contribution is 7.99. The molecule has 0 atom stereocenters. The highest BCUT2D eigenvalue weighted by atomic mass is 32.2. The normalized spacial score (nSPS) is 10.1. The summed E-state index contributed by atoms with van der Waals surface area (Å²) in [6, 6.07) is 0. The van der Waals surface area contributed by atoms with Crippen LogP contribution in [0.4, 0.5) is 5.82 Å². The summed E-state index contributed by atoms with van der Waals surface area (Å²) in [4.78, 5) is 19.6. The summed E-state index contributed by atoms with van der Waals surface area (Å²) in [5, 5.41) is 0.557. The number of hydrogen-bond donors (Lipinski definition) is 1. The zero-order valence-corrected chi connectivity index (χ0v) is 11.4. The zero-order chi connectivity index (χ0) is 13.5. The summed E-state index contributed by atoms with van der Waals surface area (Å²) in [7, 11) is 0. The first-order valence-electron chi connectivity index (χ1n) is 5.61. The molecule has 0 aliphatic carbocycles. The second kappa shape index (κ2) is 7.00. The lowest BCUT2D eigenvalue weighted by Gasteiger charge is -2.05. The first-order chi connectivity index (χ1) is 8.54. The van der Waals surface area contributed by atoms with Crippen LogP contribution in [0, 0.1) is 0 Å².